The number of nitrogens with zero attached hydrogens (tertiary/aromatic N) is 5. The van der Waals surface area contributed by atoms with Crippen LogP contribution in [0.3, 0.4) is 0 Å². The lowest BCUT2D eigenvalue weighted by Crippen LogP contribution is -2.48. The fourth-order valence-corrected chi connectivity index (χ4v) is 8.29. The Labute approximate surface area is 453 Å². The van der Waals surface area contributed by atoms with Crippen LogP contribution in [0.4, 0.5) is 4.79 Å². The Kier molecular flexibility index (Phi) is 27.5. The summed E-state index contributed by atoms with van der Waals surface area (Å²) in [6, 6.07) is 6.24. The highest BCUT2D eigenvalue weighted by Gasteiger charge is 2.51. The summed E-state index contributed by atoms with van der Waals surface area (Å²) < 4.78 is 72.6. The zero-order chi connectivity index (χ0) is 56.1. The molecule has 430 valence electrons. The molecule has 0 spiro atoms. The van der Waals surface area contributed by atoms with Crippen molar-refractivity contribution in [3.63, 3.8) is 0 Å². The maximum atomic E-state index is 14.2. The standard InChI is InChI=1S/C51H74BN7O19/c1-6-37-38-28-36(78-52(5)65)8-9-42(38)57-47-39(37)30-59-44(47)29-41-40(48(59)62)31-75-49(63)51(41,7-2)77-50(64)76-32-43(35(3)4)56-46(61)34-74-33-45(60)54-10-12-66-14-16-68-18-20-70-22-24-72-26-27-73-25-23-71-21-19-69-17-15-67-13-11-55-58-53/h8-9,28-29,35,43,65H,6-7,10-27,30-34H2,1-5H3,(H,54,60)(H,56,61). The molecule has 3 aromatic rings. The minimum atomic E-state index is -2.02. The first-order chi connectivity index (χ1) is 37.8. The van der Waals surface area contributed by atoms with Gasteiger partial charge in [0.1, 0.15) is 32.2 Å². The number of rotatable bonds is 40. The van der Waals surface area contributed by atoms with Crippen LogP contribution in [0.15, 0.2) is 34.2 Å². The van der Waals surface area contributed by atoms with Crippen LogP contribution in [0.1, 0.15) is 56.4 Å². The van der Waals surface area contributed by atoms with E-state index < -0.39 is 54.9 Å². The fraction of sp³-hybridized carbons (Fsp3) is 0.647. The maximum Gasteiger partial charge on any atom is 0.519 e. The SMILES string of the molecule is CCc1c2c(nc3ccc(OB(C)O)cc13)-c1cc3c(c(=O)n1C2)COC(=O)C3(CC)OC(=O)OCC(NC(=O)COCC(=O)NCCOCCOCCOCCOCCOCCOCCOCCOCCN=[N+]=[N-])C(C)C. The van der Waals surface area contributed by atoms with Crippen LogP contribution in [0.5, 0.6) is 5.75 Å². The Hall–Kier alpha value is -5.97. The van der Waals surface area contributed by atoms with E-state index in [1.54, 1.807) is 43.5 Å². The molecule has 0 radical (unpaired) electrons. The molecule has 0 aliphatic carbocycles. The number of cyclic esters (lactones) is 1. The van der Waals surface area contributed by atoms with Gasteiger partial charge in [-0.05, 0) is 60.9 Å². The van der Waals surface area contributed by atoms with E-state index in [0.717, 1.165) is 16.5 Å². The number of amides is 2. The maximum absolute atomic E-state index is 14.2. The Morgan fingerprint density at radius 2 is 1.40 bits per heavy atom. The summed E-state index contributed by atoms with van der Waals surface area (Å²) in [4.78, 5) is 73.9. The Bertz CT molecular complexity index is 2510. The van der Waals surface area contributed by atoms with Crippen molar-refractivity contribution in [3.05, 3.63) is 67.3 Å². The van der Waals surface area contributed by atoms with Gasteiger partial charge < -0.3 is 81.7 Å². The number of ether oxygens (including phenoxy) is 12. The first-order valence-corrected chi connectivity index (χ1v) is 26.2. The Morgan fingerprint density at radius 1 is 0.821 bits per heavy atom. The molecule has 2 aliphatic heterocycles. The molecule has 3 N–H and O–H groups in total. The molecule has 0 saturated heterocycles. The molecule has 78 heavy (non-hydrogen) atoms. The van der Waals surface area contributed by atoms with Crippen LogP contribution >= 0.6 is 0 Å². The van der Waals surface area contributed by atoms with Crippen molar-refractivity contribution >= 4 is 42.0 Å². The predicted molar refractivity (Wildman–Crippen MR) is 280 cm³/mol. The monoisotopic (exact) mass is 1100 g/mol. The second-order valence-electron chi connectivity index (χ2n) is 18.0. The highest BCUT2D eigenvalue weighted by Crippen LogP contribution is 2.42. The van der Waals surface area contributed by atoms with Gasteiger partial charge in [-0.25, -0.2) is 14.6 Å². The lowest BCUT2D eigenvalue weighted by Gasteiger charge is -2.35. The number of nitrogens with one attached hydrogen (secondary N) is 2. The number of benzene rings is 1. The van der Waals surface area contributed by atoms with Crippen LogP contribution in [0.25, 0.3) is 32.7 Å². The van der Waals surface area contributed by atoms with Crippen molar-refractivity contribution in [3.8, 4) is 17.1 Å². The lowest BCUT2D eigenvalue weighted by atomic mass is 9.85. The molecule has 2 unspecified atom stereocenters. The van der Waals surface area contributed by atoms with E-state index in [9.17, 15) is 29.0 Å². The van der Waals surface area contributed by atoms with Gasteiger partial charge in [-0.1, -0.05) is 32.8 Å². The summed E-state index contributed by atoms with van der Waals surface area (Å²) in [6.45, 7) is 14.3. The van der Waals surface area contributed by atoms with E-state index in [4.69, 9.17) is 72.0 Å². The van der Waals surface area contributed by atoms with Crippen LogP contribution in [-0.4, -0.2) is 190 Å². The first-order valence-electron chi connectivity index (χ1n) is 26.2. The van der Waals surface area contributed by atoms with Crippen molar-refractivity contribution in [2.45, 2.75) is 72.2 Å². The Balaban J connectivity index is 0.909. The minimum Gasteiger partial charge on any atom is -0.536 e. The average Bonchev–Trinajstić information content (AvgIpc) is 3.81. The molecule has 0 fully saturated rings. The van der Waals surface area contributed by atoms with Gasteiger partial charge in [-0.2, -0.15) is 0 Å². The van der Waals surface area contributed by atoms with E-state index in [2.05, 4.69) is 20.7 Å². The molecule has 2 aliphatic rings. The fourth-order valence-electron chi connectivity index (χ4n) is 8.29. The zero-order valence-corrected chi connectivity index (χ0v) is 45.3. The number of carbonyl (C=O) groups excluding carboxylic acids is 4. The van der Waals surface area contributed by atoms with Crippen molar-refractivity contribution in [2.75, 3.05) is 139 Å². The van der Waals surface area contributed by atoms with Gasteiger partial charge in [0, 0.05) is 34.5 Å². The lowest BCUT2D eigenvalue weighted by molar-refractivity contribution is -0.175. The molecule has 0 bridgehead atoms. The van der Waals surface area contributed by atoms with Crippen LogP contribution in [0.2, 0.25) is 6.82 Å². The highest BCUT2D eigenvalue weighted by molar-refractivity contribution is 6.41. The number of aromatic nitrogens is 2. The Morgan fingerprint density at radius 3 is 1.95 bits per heavy atom. The number of pyridine rings is 2. The van der Waals surface area contributed by atoms with Gasteiger partial charge in [-0.3, -0.25) is 14.4 Å². The van der Waals surface area contributed by atoms with Crippen molar-refractivity contribution in [1.82, 2.24) is 20.2 Å². The van der Waals surface area contributed by atoms with E-state index >= 15 is 0 Å². The largest absolute Gasteiger partial charge is 0.536 e. The summed E-state index contributed by atoms with van der Waals surface area (Å²) in [6.07, 6.45) is -0.705. The van der Waals surface area contributed by atoms with Gasteiger partial charge in [0.25, 0.3) is 5.56 Å². The number of aryl methyl sites for hydroxylation is 1. The quantitative estimate of drug-likeness (QED) is 0.0144. The molecular weight excluding hydrogens is 1030 g/mol. The van der Waals surface area contributed by atoms with Gasteiger partial charge in [0.15, 0.2) is 0 Å². The molecule has 27 heteroatoms. The van der Waals surface area contributed by atoms with Gasteiger partial charge in [0.2, 0.25) is 17.4 Å². The number of azide groups is 1. The second-order valence-corrected chi connectivity index (χ2v) is 18.0. The smallest absolute Gasteiger partial charge is 0.519 e. The molecule has 2 atom stereocenters. The number of carbonyl (C=O) groups is 4. The molecule has 2 amide bonds. The normalized spacial score (nSPS) is 14.7. The van der Waals surface area contributed by atoms with E-state index in [1.807, 2.05) is 13.0 Å². The van der Waals surface area contributed by atoms with Gasteiger partial charge in [-0.15, -0.1) is 0 Å². The average molecular weight is 1100 g/mol. The molecule has 1 aromatic carbocycles. The number of hydrogen-bond acceptors (Lipinski definition) is 21. The molecule has 5 rings (SSSR count). The van der Waals surface area contributed by atoms with E-state index in [1.165, 1.54) is 6.82 Å². The van der Waals surface area contributed by atoms with Crippen molar-refractivity contribution < 1.29 is 85.7 Å². The highest BCUT2D eigenvalue weighted by atomic mass is 16.7. The molecule has 0 saturated carbocycles. The topological polar surface area (TPSA) is 316 Å². The number of fused-ring (bicyclic) bond motifs is 5. The van der Waals surface area contributed by atoms with E-state index in [-0.39, 0.29) is 63.0 Å². The first kappa shape index (κ1) is 62.9. The van der Waals surface area contributed by atoms with Crippen molar-refractivity contribution in [2.24, 2.45) is 11.0 Å². The molecule has 26 nitrogen and oxygen atoms in total. The predicted octanol–water partition coefficient (Wildman–Crippen LogP) is 3.01. The summed E-state index contributed by atoms with van der Waals surface area (Å²) in [5.74, 6) is -1.65. The second kappa shape index (κ2) is 34.1. The van der Waals surface area contributed by atoms with Crippen molar-refractivity contribution in [1.29, 1.82) is 0 Å². The minimum absolute atomic E-state index is 0.0894. The zero-order valence-electron chi connectivity index (χ0n) is 45.3. The molecule has 2 aromatic heterocycles. The third kappa shape index (κ3) is 19.4. The summed E-state index contributed by atoms with van der Waals surface area (Å²) in [7, 11) is -1.02. The summed E-state index contributed by atoms with van der Waals surface area (Å²) in [5, 5.41) is 19.4. The van der Waals surface area contributed by atoms with Crippen LogP contribution in [0, 0.1) is 5.92 Å². The summed E-state index contributed by atoms with van der Waals surface area (Å²) in [5.41, 5.74) is 9.48. The molecular formula is C51H74BN7O19. The van der Waals surface area contributed by atoms with Crippen LogP contribution in [-0.2, 0) is 96.4 Å². The number of esters is 1. The van der Waals surface area contributed by atoms with Crippen LogP contribution < -0.4 is 20.8 Å². The van der Waals surface area contributed by atoms with Gasteiger partial charge >= 0.3 is 19.2 Å². The summed E-state index contributed by atoms with van der Waals surface area (Å²) >= 11 is 0. The van der Waals surface area contributed by atoms with Gasteiger partial charge in [0.05, 0.1) is 141 Å². The third-order valence-electron chi connectivity index (χ3n) is 12.2. The van der Waals surface area contributed by atoms with E-state index in [0.29, 0.717) is 135 Å². The third-order valence-corrected chi connectivity index (χ3v) is 12.2. The molecule has 4 heterocycles. The number of hydrogen-bond donors (Lipinski definition) is 3.